The fourth-order valence-corrected chi connectivity index (χ4v) is 1.38. The van der Waals surface area contributed by atoms with Crippen LogP contribution in [0, 0.1) is 10.1 Å². The molecule has 0 radical (unpaired) electrons. The highest BCUT2D eigenvalue weighted by Gasteiger charge is 2.10. The van der Waals surface area contributed by atoms with Crippen LogP contribution in [0.15, 0.2) is 22.7 Å². The van der Waals surface area contributed by atoms with Crippen molar-refractivity contribution >= 4 is 27.4 Å². The van der Waals surface area contributed by atoms with Gasteiger partial charge in [0, 0.05) is 12.5 Å². The molecule has 0 fully saturated rings. The first-order valence-corrected chi connectivity index (χ1v) is 5.36. The molecule has 0 heterocycles. The molecule has 0 unspecified atom stereocenters. The first kappa shape index (κ1) is 12.6. The van der Waals surface area contributed by atoms with Crippen LogP contribution in [0.5, 0.6) is 5.75 Å². The molecule has 0 aromatic heterocycles. The standard InChI is InChI=1S/C10H10BrNO4/c1-7(13)4-5-16-10-6-8(12(14)15)2-3-9(10)11/h2-3,6H,4-5H2,1H3. The third kappa shape index (κ3) is 3.62. The number of rotatable bonds is 5. The van der Waals surface area contributed by atoms with E-state index in [0.29, 0.717) is 10.2 Å². The molecule has 1 aromatic carbocycles. The van der Waals surface area contributed by atoms with Crippen molar-refractivity contribution in [3.05, 3.63) is 32.8 Å². The van der Waals surface area contributed by atoms with E-state index in [1.165, 1.54) is 19.1 Å². The normalized spacial score (nSPS) is 9.88. The monoisotopic (exact) mass is 287 g/mol. The summed E-state index contributed by atoms with van der Waals surface area (Å²) in [6.07, 6.45) is 0.287. The van der Waals surface area contributed by atoms with Crippen molar-refractivity contribution < 1.29 is 14.5 Å². The van der Waals surface area contributed by atoms with Gasteiger partial charge >= 0.3 is 0 Å². The second kappa shape index (κ2) is 5.60. The van der Waals surface area contributed by atoms with Gasteiger partial charge in [-0.2, -0.15) is 0 Å². The predicted octanol–water partition coefficient (Wildman–Crippen LogP) is 2.72. The average molecular weight is 288 g/mol. The van der Waals surface area contributed by atoms with Gasteiger partial charge in [-0.1, -0.05) is 0 Å². The molecule has 16 heavy (non-hydrogen) atoms. The molecule has 0 N–H and O–H groups in total. The fourth-order valence-electron chi connectivity index (χ4n) is 1.02. The second-order valence-corrected chi connectivity index (χ2v) is 4.03. The number of Topliss-reactive ketones (excluding diaryl/α,β-unsaturated/α-hetero) is 1. The van der Waals surface area contributed by atoms with Crippen LogP contribution in [0.3, 0.4) is 0 Å². The summed E-state index contributed by atoms with van der Waals surface area (Å²) in [5.41, 5.74) is -0.0407. The van der Waals surface area contributed by atoms with Crippen molar-refractivity contribution in [3.8, 4) is 5.75 Å². The zero-order valence-corrected chi connectivity index (χ0v) is 10.2. The number of ketones is 1. The van der Waals surface area contributed by atoms with E-state index < -0.39 is 4.92 Å². The summed E-state index contributed by atoms with van der Waals surface area (Å²) >= 11 is 3.21. The first-order valence-electron chi connectivity index (χ1n) is 4.57. The first-order chi connectivity index (χ1) is 7.50. The molecule has 1 aromatic rings. The summed E-state index contributed by atoms with van der Waals surface area (Å²) in [6.45, 7) is 1.68. The maximum absolute atomic E-state index is 10.7. The van der Waals surface area contributed by atoms with Crippen molar-refractivity contribution in [2.24, 2.45) is 0 Å². The number of nitrogens with zero attached hydrogens (tertiary/aromatic N) is 1. The van der Waals surface area contributed by atoms with Gasteiger partial charge < -0.3 is 4.74 Å². The summed E-state index contributed by atoms with van der Waals surface area (Å²) in [6, 6.07) is 4.24. The molecule has 0 aliphatic heterocycles. The van der Waals surface area contributed by atoms with Crippen LogP contribution in [0.1, 0.15) is 13.3 Å². The van der Waals surface area contributed by atoms with Crippen LogP contribution >= 0.6 is 15.9 Å². The minimum absolute atomic E-state index is 0.0153. The second-order valence-electron chi connectivity index (χ2n) is 3.17. The minimum atomic E-state index is -0.496. The Balaban J connectivity index is 2.74. The Bertz CT molecular complexity index is 419. The number of nitro groups is 1. The van der Waals surface area contributed by atoms with E-state index in [-0.39, 0.29) is 24.5 Å². The Morgan fingerprint density at radius 2 is 2.25 bits per heavy atom. The summed E-state index contributed by atoms with van der Waals surface area (Å²) in [4.78, 5) is 20.7. The molecule has 6 heteroatoms. The molecule has 0 bridgehead atoms. The van der Waals surface area contributed by atoms with Crippen LogP contribution in [-0.2, 0) is 4.79 Å². The number of hydrogen-bond donors (Lipinski definition) is 0. The minimum Gasteiger partial charge on any atom is -0.492 e. The molecule has 0 aliphatic carbocycles. The molecule has 1 rings (SSSR count). The van der Waals surface area contributed by atoms with Gasteiger partial charge in [0.25, 0.3) is 5.69 Å². The Kier molecular flexibility index (Phi) is 4.42. The lowest BCUT2D eigenvalue weighted by molar-refractivity contribution is -0.385. The highest BCUT2D eigenvalue weighted by molar-refractivity contribution is 9.10. The number of carbonyl (C=O) groups is 1. The van der Waals surface area contributed by atoms with E-state index in [1.807, 2.05) is 0 Å². The Morgan fingerprint density at radius 1 is 1.56 bits per heavy atom. The average Bonchev–Trinajstić information content (AvgIpc) is 2.20. The number of non-ortho nitro benzene ring substituents is 1. The van der Waals surface area contributed by atoms with Crippen LogP contribution in [0.4, 0.5) is 5.69 Å². The molecule has 0 amide bonds. The van der Waals surface area contributed by atoms with Gasteiger partial charge in [0.2, 0.25) is 0 Å². The molecule has 0 spiro atoms. The van der Waals surface area contributed by atoms with Crippen molar-refractivity contribution in [2.45, 2.75) is 13.3 Å². The maximum Gasteiger partial charge on any atom is 0.273 e. The third-order valence-corrected chi connectivity index (χ3v) is 2.49. The molecule has 86 valence electrons. The molecule has 0 aliphatic rings. The summed E-state index contributed by atoms with van der Waals surface area (Å²) < 4.78 is 5.89. The van der Waals surface area contributed by atoms with E-state index in [1.54, 1.807) is 6.07 Å². The highest BCUT2D eigenvalue weighted by Crippen LogP contribution is 2.29. The van der Waals surface area contributed by atoms with Gasteiger partial charge in [-0.25, -0.2) is 0 Å². The van der Waals surface area contributed by atoms with E-state index in [9.17, 15) is 14.9 Å². The van der Waals surface area contributed by atoms with Crippen molar-refractivity contribution in [1.82, 2.24) is 0 Å². The van der Waals surface area contributed by atoms with Crippen molar-refractivity contribution in [3.63, 3.8) is 0 Å². The Hall–Kier alpha value is -1.43. The summed E-state index contributed by atoms with van der Waals surface area (Å²) in [5.74, 6) is 0.386. The van der Waals surface area contributed by atoms with Gasteiger partial charge in [0.1, 0.15) is 11.5 Å². The van der Waals surface area contributed by atoms with Gasteiger partial charge in [-0.15, -0.1) is 0 Å². The zero-order chi connectivity index (χ0) is 12.1. The topological polar surface area (TPSA) is 69.4 Å². The van der Waals surface area contributed by atoms with E-state index in [2.05, 4.69) is 15.9 Å². The molecule has 0 saturated carbocycles. The van der Waals surface area contributed by atoms with Gasteiger partial charge in [0.15, 0.2) is 0 Å². The Labute approximate surface area is 101 Å². The third-order valence-electron chi connectivity index (χ3n) is 1.84. The lowest BCUT2D eigenvalue weighted by Crippen LogP contribution is -2.03. The number of carbonyl (C=O) groups excluding carboxylic acids is 1. The van der Waals surface area contributed by atoms with Gasteiger partial charge in [-0.3, -0.25) is 14.9 Å². The number of ether oxygens (including phenoxy) is 1. The lowest BCUT2D eigenvalue weighted by Gasteiger charge is -2.06. The van der Waals surface area contributed by atoms with Crippen LogP contribution in [0.25, 0.3) is 0 Å². The SMILES string of the molecule is CC(=O)CCOc1cc([N+](=O)[O-])ccc1Br. The van der Waals surface area contributed by atoms with Gasteiger partial charge in [-0.05, 0) is 28.9 Å². The van der Waals surface area contributed by atoms with E-state index >= 15 is 0 Å². The number of halogens is 1. The molecule has 0 saturated heterocycles. The largest absolute Gasteiger partial charge is 0.492 e. The number of benzene rings is 1. The molecular formula is C10H10BrNO4. The quantitative estimate of drug-likeness (QED) is 0.617. The number of hydrogen-bond acceptors (Lipinski definition) is 4. The zero-order valence-electron chi connectivity index (χ0n) is 8.60. The maximum atomic E-state index is 10.7. The molecule has 5 nitrogen and oxygen atoms in total. The molecular weight excluding hydrogens is 278 g/mol. The Morgan fingerprint density at radius 3 is 2.81 bits per heavy atom. The van der Waals surface area contributed by atoms with E-state index in [0.717, 1.165) is 0 Å². The summed E-state index contributed by atoms with van der Waals surface area (Å²) in [5, 5.41) is 10.5. The van der Waals surface area contributed by atoms with Crippen molar-refractivity contribution in [1.29, 1.82) is 0 Å². The smallest absolute Gasteiger partial charge is 0.273 e. The van der Waals surface area contributed by atoms with Crippen LogP contribution < -0.4 is 4.74 Å². The highest BCUT2D eigenvalue weighted by atomic mass is 79.9. The van der Waals surface area contributed by atoms with E-state index in [4.69, 9.17) is 4.74 Å². The van der Waals surface area contributed by atoms with Crippen molar-refractivity contribution in [2.75, 3.05) is 6.61 Å². The fraction of sp³-hybridized carbons (Fsp3) is 0.300. The van der Waals surface area contributed by atoms with Crippen LogP contribution in [-0.4, -0.2) is 17.3 Å². The predicted molar refractivity (Wildman–Crippen MR) is 61.6 cm³/mol. The van der Waals surface area contributed by atoms with Gasteiger partial charge in [0.05, 0.1) is 22.1 Å². The lowest BCUT2D eigenvalue weighted by atomic mass is 10.3. The molecule has 0 atom stereocenters. The number of nitro benzene ring substituents is 1. The summed E-state index contributed by atoms with van der Waals surface area (Å²) in [7, 11) is 0. The van der Waals surface area contributed by atoms with Crippen LogP contribution in [0.2, 0.25) is 0 Å².